The molecular formula is C10H20N4. The van der Waals surface area contributed by atoms with Gasteiger partial charge in [0.05, 0.1) is 5.69 Å². The van der Waals surface area contributed by atoms with Crippen LogP contribution in [0.5, 0.6) is 0 Å². The fourth-order valence-electron chi connectivity index (χ4n) is 1.62. The molecule has 0 aliphatic heterocycles. The third-order valence-electron chi connectivity index (χ3n) is 2.60. The minimum atomic E-state index is 0.703. The van der Waals surface area contributed by atoms with Crippen LogP contribution in [0.3, 0.4) is 0 Å². The second-order valence-electron chi connectivity index (χ2n) is 3.80. The van der Waals surface area contributed by atoms with Crippen LogP contribution >= 0.6 is 0 Å². The molecule has 0 aromatic carbocycles. The lowest BCUT2D eigenvalue weighted by molar-refractivity contribution is 0.335. The van der Waals surface area contributed by atoms with Crippen molar-refractivity contribution in [1.29, 1.82) is 0 Å². The molecule has 0 bridgehead atoms. The predicted molar refractivity (Wildman–Crippen MR) is 58.1 cm³/mol. The van der Waals surface area contributed by atoms with Gasteiger partial charge in [-0.2, -0.15) is 5.10 Å². The lowest BCUT2D eigenvalue weighted by atomic mass is 10.2. The molecular weight excluding hydrogens is 176 g/mol. The van der Waals surface area contributed by atoms with Crippen molar-refractivity contribution in [1.82, 2.24) is 14.7 Å². The SMILES string of the molecule is Cc1nn(C)c(C)c1CN(C)CCN. The fourth-order valence-corrected chi connectivity index (χ4v) is 1.62. The van der Waals surface area contributed by atoms with Crippen molar-refractivity contribution >= 4 is 0 Å². The van der Waals surface area contributed by atoms with Gasteiger partial charge in [-0.25, -0.2) is 0 Å². The molecule has 0 fully saturated rings. The zero-order valence-corrected chi connectivity index (χ0v) is 9.54. The molecule has 0 radical (unpaired) electrons. The molecule has 0 spiro atoms. The first-order chi connectivity index (χ1) is 6.56. The van der Waals surface area contributed by atoms with Gasteiger partial charge in [-0.15, -0.1) is 0 Å². The van der Waals surface area contributed by atoms with E-state index >= 15 is 0 Å². The molecule has 0 saturated carbocycles. The molecule has 4 heteroatoms. The molecule has 80 valence electrons. The van der Waals surface area contributed by atoms with Crippen LogP contribution in [0.4, 0.5) is 0 Å². The van der Waals surface area contributed by atoms with E-state index < -0.39 is 0 Å². The Morgan fingerprint density at radius 3 is 2.50 bits per heavy atom. The summed E-state index contributed by atoms with van der Waals surface area (Å²) in [5.41, 5.74) is 9.19. The van der Waals surface area contributed by atoms with E-state index in [-0.39, 0.29) is 0 Å². The number of likely N-dealkylation sites (N-methyl/N-ethyl adjacent to an activating group) is 1. The van der Waals surface area contributed by atoms with Crippen molar-refractivity contribution in [3.63, 3.8) is 0 Å². The number of hydrogen-bond acceptors (Lipinski definition) is 3. The van der Waals surface area contributed by atoms with Crippen LogP contribution < -0.4 is 5.73 Å². The Labute approximate surface area is 85.7 Å². The summed E-state index contributed by atoms with van der Waals surface area (Å²) in [5.74, 6) is 0. The number of rotatable bonds is 4. The second kappa shape index (κ2) is 4.57. The van der Waals surface area contributed by atoms with Crippen LogP contribution in [0, 0.1) is 13.8 Å². The molecule has 1 heterocycles. The largest absolute Gasteiger partial charge is 0.329 e. The third-order valence-corrected chi connectivity index (χ3v) is 2.60. The van der Waals surface area contributed by atoms with E-state index in [1.54, 1.807) is 0 Å². The summed E-state index contributed by atoms with van der Waals surface area (Å²) >= 11 is 0. The first kappa shape index (κ1) is 11.2. The van der Waals surface area contributed by atoms with Gasteiger partial charge in [0, 0.05) is 37.9 Å². The molecule has 14 heavy (non-hydrogen) atoms. The lowest BCUT2D eigenvalue weighted by Gasteiger charge is -2.15. The molecule has 4 nitrogen and oxygen atoms in total. The molecule has 0 aliphatic rings. The van der Waals surface area contributed by atoms with Crippen LogP contribution in [-0.4, -0.2) is 34.8 Å². The van der Waals surface area contributed by atoms with Gasteiger partial charge in [-0.3, -0.25) is 4.68 Å². The Morgan fingerprint density at radius 1 is 1.43 bits per heavy atom. The summed E-state index contributed by atoms with van der Waals surface area (Å²) in [5, 5.41) is 4.38. The van der Waals surface area contributed by atoms with Gasteiger partial charge >= 0.3 is 0 Å². The Balaban J connectivity index is 2.75. The Morgan fingerprint density at radius 2 is 2.07 bits per heavy atom. The number of aromatic nitrogens is 2. The summed E-state index contributed by atoms with van der Waals surface area (Å²) in [7, 11) is 4.06. The average molecular weight is 196 g/mol. The van der Waals surface area contributed by atoms with Gasteiger partial charge in [0.1, 0.15) is 0 Å². The Hall–Kier alpha value is -0.870. The predicted octanol–water partition coefficient (Wildman–Crippen LogP) is 0.427. The van der Waals surface area contributed by atoms with E-state index in [0.717, 1.165) is 18.8 Å². The minimum Gasteiger partial charge on any atom is -0.329 e. The number of nitrogens with two attached hydrogens (primary N) is 1. The summed E-state index contributed by atoms with van der Waals surface area (Å²) in [4.78, 5) is 2.22. The Kier molecular flexibility index (Phi) is 3.66. The average Bonchev–Trinajstić information content (AvgIpc) is 2.33. The standard InChI is InChI=1S/C10H20N4/c1-8-10(7-13(3)6-5-11)9(2)14(4)12-8/h5-7,11H2,1-4H3. The van der Waals surface area contributed by atoms with Crippen LogP contribution in [0.2, 0.25) is 0 Å². The summed E-state index contributed by atoms with van der Waals surface area (Å²) < 4.78 is 1.93. The van der Waals surface area contributed by atoms with Crippen LogP contribution in [0.25, 0.3) is 0 Å². The zero-order valence-electron chi connectivity index (χ0n) is 9.54. The molecule has 0 atom stereocenters. The molecule has 1 rings (SSSR count). The fraction of sp³-hybridized carbons (Fsp3) is 0.700. The summed E-state index contributed by atoms with van der Waals surface area (Å²) in [6, 6.07) is 0. The monoisotopic (exact) mass is 196 g/mol. The number of aryl methyl sites for hydroxylation is 2. The molecule has 1 aromatic heterocycles. The lowest BCUT2D eigenvalue weighted by Crippen LogP contribution is -2.25. The zero-order chi connectivity index (χ0) is 10.7. The topological polar surface area (TPSA) is 47.1 Å². The molecule has 0 aliphatic carbocycles. The van der Waals surface area contributed by atoms with E-state index in [9.17, 15) is 0 Å². The van der Waals surface area contributed by atoms with Gasteiger partial charge in [-0.05, 0) is 20.9 Å². The van der Waals surface area contributed by atoms with E-state index in [1.807, 2.05) is 11.7 Å². The highest BCUT2D eigenvalue weighted by Gasteiger charge is 2.10. The van der Waals surface area contributed by atoms with Crippen molar-refractivity contribution in [2.24, 2.45) is 12.8 Å². The van der Waals surface area contributed by atoms with Gasteiger partial charge in [0.2, 0.25) is 0 Å². The maximum atomic E-state index is 5.50. The van der Waals surface area contributed by atoms with Crippen molar-refractivity contribution in [3.8, 4) is 0 Å². The van der Waals surface area contributed by atoms with Crippen LogP contribution in [-0.2, 0) is 13.6 Å². The van der Waals surface area contributed by atoms with Gasteiger partial charge in [-0.1, -0.05) is 0 Å². The Bertz CT molecular complexity index is 303. The number of nitrogens with zero attached hydrogens (tertiary/aromatic N) is 3. The second-order valence-corrected chi connectivity index (χ2v) is 3.80. The van der Waals surface area contributed by atoms with E-state index in [2.05, 4.69) is 30.9 Å². The van der Waals surface area contributed by atoms with Crippen molar-refractivity contribution in [3.05, 3.63) is 17.0 Å². The number of hydrogen-bond donors (Lipinski definition) is 1. The third kappa shape index (κ3) is 2.33. The molecule has 1 aromatic rings. The maximum Gasteiger partial charge on any atom is 0.0641 e. The molecule has 0 unspecified atom stereocenters. The van der Waals surface area contributed by atoms with Crippen molar-refractivity contribution in [2.45, 2.75) is 20.4 Å². The van der Waals surface area contributed by atoms with E-state index in [4.69, 9.17) is 5.73 Å². The first-order valence-electron chi connectivity index (χ1n) is 4.94. The molecule has 0 saturated heterocycles. The quantitative estimate of drug-likeness (QED) is 0.759. The summed E-state index contributed by atoms with van der Waals surface area (Å²) in [6.45, 7) is 6.72. The van der Waals surface area contributed by atoms with Gasteiger partial charge in [0.25, 0.3) is 0 Å². The first-order valence-corrected chi connectivity index (χ1v) is 4.94. The maximum absolute atomic E-state index is 5.50. The highest BCUT2D eigenvalue weighted by atomic mass is 15.3. The van der Waals surface area contributed by atoms with Gasteiger partial charge < -0.3 is 10.6 Å². The van der Waals surface area contributed by atoms with Crippen LogP contribution in [0.15, 0.2) is 0 Å². The van der Waals surface area contributed by atoms with Crippen molar-refractivity contribution < 1.29 is 0 Å². The highest BCUT2D eigenvalue weighted by Crippen LogP contribution is 2.13. The van der Waals surface area contributed by atoms with Crippen molar-refractivity contribution in [2.75, 3.05) is 20.1 Å². The van der Waals surface area contributed by atoms with Crippen LogP contribution in [0.1, 0.15) is 17.0 Å². The molecule has 2 N–H and O–H groups in total. The highest BCUT2D eigenvalue weighted by molar-refractivity contribution is 5.23. The van der Waals surface area contributed by atoms with Gasteiger partial charge in [0.15, 0.2) is 0 Å². The normalized spacial score (nSPS) is 11.3. The molecule has 0 amide bonds. The minimum absolute atomic E-state index is 0.703. The van der Waals surface area contributed by atoms with E-state index in [0.29, 0.717) is 6.54 Å². The summed E-state index contributed by atoms with van der Waals surface area (Å²) in [6.07, 6.45) is 0. The smallest absolute Gasteiger partial charge is 0.0641 e. The van der Waals surface area contributed by atoms with E-state index in [1.165, 1.54) is 11.3 Å².